The van der Waals surface area contributed by atoms with Crippen molar-refractivity contribution < 1.29 is 9.41 Å². The molecule has 0 atom stereocenters. The normalized spacial score (nSPS) is 18.6. The van der Waals surface area contributed by atoms with Crippen molar-refractivity contribution in [2.45, 2.75) is 100 Å². The van der Waals surface area contributed by atoms with Crippen LogP contribution in [0.3, 0.4) is 0 Å². The Kier molecular flexibility index (Phi) is 33.3. The molecular formula is C17H42F2. The second-order valence-corrected chi connectivity index (χ2v) is 5.49. The first-order chi connectivity index (χ1) is 6.79. The lowest BCUT2D eigenvalue weighted by Gasteiger charge is -2.15. The van der Waals surface area contributed by atoms with Gasteiger partial charge in [-0.3, -0.25) is 9.41 Å². The molecule has 0 aromatic heterocycles. The minimum Gasteiger partial charge on any atom is -0.269 e. The Bertz CT molecular complexity index is 109. The highest BCUT2D eigenvalue weighted by molar-refractivity contribution is 4.60. The van der Waals surface area contributed by atoms with Gasteiger partial charge < -0.3 is 0 Å². The molecule has 0 amide bonds. The van der Waals surface area contributed by atoms with Crippen LogP contribution < -0.4 is 0 Å². The van der Waals surface area contributed by atoms with Gasteiger partial charge in [-0.05, 0) is 11.8 Å². The van der Waals surface area contributed by atoms with E-state index in [1.807, 2.05) is 0 Å². The molecule has 2 aliphatic rings. The molecule has 0 spiro atoms. The minimum atomic E-state index is 0. The first-order valence-electron chi connectivity index (χ1n) is 6.79. The van der Waals surface area contributed by atoms with Crippen molar-refractivity contribution in [3.8, 4) is 0 Å². The van der Waals surface area contributed by atoms with E-state index in [4.69, 9.17) is 0 Å². The summed E-state index contributed by atoms with van der Waals surface area (Å²) in [6, 6.07) is 0. The molecule has 0 radical (unpaired) electrons. The Morgan fingerprint density at radius 1 is 0.474 bits per heavy atom. The molecule has 2 heteroatoms. The highest BCUT2D eigenvalue weighted by Crippen LogP contribution is 2.22. The van der Waals surface area contributed by atoms with Gasteiger partial charge in [-0.15, -0.1) is 0 Å². The van der Waals surface area contributed by atoms with Crippen LogP contribution in [0.4, 0.5) is 9.41 Å². The van der Waals surface area contributed by atoms with Gasteiger partial charge in [-0.2, -0.15) is 0 Å². The van der Waals surface area contributed by atoms with Crippen LogP contribution in [0.5, 0.6) is 0 Å². The Morgan fingerprint density at radius 3 is 0.789 bits per heavy atom. The van der Waals surface area contributed by atoms with E-state index >= 15 is 0 Å². The van der Waals surface area contributed by atoms with Gasteiger partial charge in [0.2, 0.25) is 0 Å². The topological polar surface area (TPSA) is 0 Å². The Hall–Kier alpha value is -0.140. The van der Waals surface area contributed by atoms with E-state index in [1.165, 1.54) is 64.2 Å². The molecular weight excluding hydrogens is 242 g/mol. The molecule has 0 N–H and O–H groups in total. The third-order valence-electron chi connectivity index (χ3n) is 3.79. The van der Waals surface area contributed by atoms with E-state index in [2.05, 4.69) is 13.8 Å². The lowest BCUT2D eigenvalue weighted by atomic mass is 9.91. The quantitative estimate of drug-likeness (QED) is 0.435. The summed E-state index contributed by atoms with van der Waals surface area (Å²) in [5.74, 6) is 2.07. The van der Waals surface area contributed by atoms with E-state index in [0.717, 1.165) is 11.8 Å². The largest absolute Gasteiger partial charge is 0.269 e. The van der Waals surface area contributed by atoms with Crippen LogP contribution in [0.1, 0.15) is 100 Å². The lowest BCUT2D eigenvalue weighted by Crippen LogP contribution is -1.99. The predicted octanol–water partition coefficient (Wildman–Crippen LogP) is 7.39. The standard InChI is InChI=1S/2C7H14.3CH4.2FH/c2*1-7-5-3-2-4-6-7;;;;;/h2*7H,2-6H2,1H3;3*1H4;2*1H. The third-order valence-corrected chi connectivity index (χ3v) is 3.79. The molecule has 2 aliphatic carbocycles. The van der Waals surface area contributed by atoms with Gasteiger partial charge in [0, 0.05) is 0 Å². The average Bonchev–Trinajstić information content (AvgIpc) is 2.21. The Morgan fingerprint density at radius 2 is 0.684 bits per heavy atom. The maximum absolute atomic E-state index is 2.36. The summed E-state index contributed by atoms with van der Waals surface area (Å²) in [4.78, 5) is 0. The van der Waals surface area contributed by atoms with Gasteiger partial charge >= 0.3 is 0 Å². The fourth-order valence-corrected chi connectivity index (χ4v) is 2.61. The SMILES string of the molecule is C.C.C.CC1CCCCC1.CC1CCCCC1.F.F. The van der Waals surface area contributed by atoms with Gasteiger partial charge in [0.1, 0.15) is 0 Å². The van der Waals surface area contributed by atoms with Gasteiger partial charge in [-0.25, -0.2) is 0 Å². The zero-order chi connectivity index (χ0) is 10.2. The van der Waals surface area contributed by atoms with Gasteiger partial charge in [-0.1, -0.05) is 100 Å². The van der Waals surface area contributed by atoms with Gasteiger partial charge in [0.05, 0.1) is 0 Å². The van der Waals surface area contributed by atoms with Crippen molar-refractivity contribution in [1.82, 2.24) is 0 Å². The van der Waals surface area contributed by atoms with Crippen molar-refractivity contribution >= 4 is 0 Å². The van der Waals surface area contributed by atoms with Gasteiger partial charge in [0.25, 0.3) is 0 Å². The molecule has 0 saturated heterocycles. The molecule has 0 aromatic carbocycles. The summed E-state index contributed by atoms with van der Waals surface area (Å²) in [7, 11) is 0. The summed E-state index contributed by atoms with van der Waals surface area (Å²) in [5.41, 5.74) is 0. The molecule has 2 rings (SSSR count). The highest BCUT2D eigenvalue weighted by Gasteiger charge is 2.06. The zero-order valence-corrected chi connectivity index (χ0v) is 11.0. The number of halogens is 2. The molecule has 0 nitrogen and oxygen atoms in total. The Balaban J connectivity index is -0.0000000544. The fourth-order valence-electron chi connectivity index (χ4n) is 2.61. The van der Waals surface area contributed by atoms with Crippen LogP contribution in [-0.4, -0.2) is 0 Å². The monoisotopic (exact) mass is 284 g/mol. The molecule has 19 heavy (non-hydrogen) atoms. The predicted molar refractivity (Wildman–Crippen MR) is 89.7 cm³/mol. The van der Waals surface area contributed by atoms with Crippen molar-refractivity contribution in [3.63, 3.8) is 0 Å². The van der Waals surface area contributed by atoms with E-state index < -0.39 is 0 Å². The summed E-state index contributed by atoms with van der Waals surface area (Å²) in [5, 5.41) is 0. The first kappa shape index (κ1) is 31.3. The number of hydrogen-bond donors (Lipinski definition) is 0. The van der Waals surface area contributed by atoms with Crippen LogP contribution >= 0.6 is 0 Å². The summed E-state index contributed by atoms with van der Waals surface area (Å²) >= 11 is 0. The molecule has 0 bridgehead atoms. The van der Waals surface area contributed by atoms with Crippen LogP contribution in [-0.2, 0) is 0 Å². The van der Waals surface area contributed by atoms with E-state index in [9.17, 15) is 0 Å². The molecule has 0 aliphatic heterocycles. The van der Waals surface area contributed by atoms with Gasteiger partial charge in [0.15, 0.2) is 0 Å². The zero-order valence-electron chi connectivity index (χ0n) is 11.0. The molecule has 2 saturated carbocycles. The average molecular weight is 285 g/mol. The minimum absolute atomic E-state index is 0. The van der Waals surface area contributed by atoms with Crippen LogP contribution in [0.15, 0.2) is 0 Å². The molecule has 0 unspecified atom stereocenters. The van der Waals surface area contributed by atoms with Crippen LogP contribution in [0.25, 0.3) is 0 Å². The highest BCUT2D eigenvalue weighted by atomic mass is 19.0. The molecule has 0 heterocycles. The summed E-state index contributed by atoms with van der Waals surface area (Å²) in [6.07, 6.45) is 14.9. The number of hydrogen-bond acceptors (Lipinski definition) is 0. The van der Waals surface area contributed by atoms with E-state index in [-0.39, 0.29) is 31.7 Å². The Labute approximate surface area is 122 Å². The van der Waals surface area contributed by atoms with E-state index in [1.54, 1.807) is 0 Å². The van der Waals surface area contributed by atoms with E-state index in [0.29, 0.717) is 0 Å². The van der Waals surface area contributed by atoms with Crippen molar-refractivity contribution in [2.75, 3.05) is 0 Å². The second-order valence-electron chi connectivity index (χ2n) is 5.49. The van der Waals surface area contributed by atoms with Crippen molar-refractivity contribution in [2.24, 2.45) is 11.8 Å². The summed E-state index contributed by atoms with van der Waals surface area (Å²) in [6.45, 7) is 4.72. The van der Waals surface area contributed by atoms with Crippen LogP contribution in [0.2, 0.25) is 0 Å². The maximum atomic E-state index is 2.36. The van der Waals surface area contributed by atoms with Crippen molar-refractivity contribution in [3.05, 3.63) is 0 Å². The van der Waals surface area contributed by atoms with Crippen LogP contribution in [0, 0.1) is 11.8 Å². The fraction of sp³-hybridized carbons (Fsp3) is 1.00. The van der Waals surface area contributed by atoms with Crippen molar-refractivity contribution in [1.29, 1.82) is 0 Å². The second kappa shape index (κ2) is 20.2. The molecule has 124 valence electrons. The molecule has 2 fully saturated rings. The molecule has 0 aromatic rings. The number of rotatable bonds is 0. The lowest BCUT2D eigenvalue weighted by molar-refractivity contribution is 0.385. The smallest absolute Gasteiger partial charge is 0.0443 e. The first-order valence-corrected chi connectivity index (χ1v) is 6.79. The maximum Gasteiger partial charge on any atom is -0.0443 e. The third kappa shape index (κ3) is 17.9. The summed E-state index contributed by atoms with van der Waals surface area (Å²) < 4.78 is 0.